The highest BCUT2D eigenvalue weighted by atomic mass is 16.5. The minimum absolute atomic E-state index is 0.0923. The van der Waals surface area contributed by atoms with Gasteiger partial charge in [-0.05, 0) is 32.1 Å². The molecule has 19 heavy (non-hydrogen) atoms. The molecule has 0 aromatic rings. The number of ether oxygens (including phenoxy) is 1. The van der Waals surface area contributed by atoms with Crippen LogP contribution < -0.4 is 5.32 Å². The van der Waals surface area contributed by atoms with Crippen LogP contribution in [0.2, 0.25) is 0 Å². The van der Waals surface area contributed by atoms with Crippen molar-refractivity contribution in [3.8, 4) is 0 Å². The van der Waals surface area contributed by atoms with E-state index in [2.05, 4.69) is 39.9 Å². The van der Waals surface area contributed by atoms with Crippen molar-refractivity contribution in [2.75, 3.05) is 6.54 Å². The molecule has 0 heterocycles. The highest BCUT2D eigenvalue weighted by Crippen LogP contribution is 2.32. The van der Waals surface area contributed by atoms with Gasteiger partial charge in [0, 0.05) is 12.6 Å². The van der Waals surface area contributed by atoms with Crippen LogP contribution in [0.25, 0.3) is 0 Å². The second-order valence-electron chi connectivity index (χ2n) is 7.19. The first-order chi connectivity index (χ1) is 8.93. The second kappa shape index (κ2) is 8.26. The van der Waals surface area contributed by atoms with Crippen LogP contribution in [0.15, 0.2) is 0 Å². The fraction of sp³-hybridized carbons (Fsp3) is 1.00. The highest BCUT2D eigenvalue weighted by Gasteiger charge is 2.33. The van der Waals surface area contributed by atoms with Crippen molar-refractivity contribution >= 4 is 0 Å². The van der Waals surface area contributed by atoms with Crippen LogP contribution in [0.3, 0.4) is 0 Å². The molecular formula is C17H35NO. The zero-order valence-corrected chi connectivity index (χ0v) is 13.8. The second-order valence-corrected chi connectivity index (χ2v) is 7.19. The third-order valence-electron chi connectivity index (χ3n) is 4.10. The predicted octanol–water partition coefficient (Wildman–Crippen LogP) is 4.53. The third-order valence-corrected chi connectivity index (χ3v) is 4.10. The van der Waals surface area contributed by atoms with Crippen LogP contribution in [-0.2, 0) is 4.74 Å². The molecule has 1 rings (SSSR count). The van der Waals surface area contributed by atoms with Gasteiger partial charge in [0.2, 0.25) is 0 Å². The third kappa shape index (κ3) is 6.76. The molecule has 0 aliphatic heterocycles. The Morgan fingerprint density at radius 3 is 2.00 bits per heavy atom. The predicted molar refractivity (Wildman–Crippen MR) is 83.6 cm³/mol. The van der Waals surface area contributed by atoms with Crippen LogP contribution in [0.1, 0.15) is 79.6 Å². The summed E-state index contributed by atoms with van der Waals surface area (Å²) in [4.78, 5) is 0. The van der Waals surface area contributed by atoms with Gasteiger partial charge in [-0.2, -0.15) is 0 Å². The highest BCUT2D eigenvalue weighted by molar-refractivity contribution is 4.87. The van der Waals surface area contributed by atoms with E-state index in [9.17, 15) is 0 Å². The minimum Gasteiger partial charge on any atom is -0.371 e. The van der Waals surface area contributed by atoms with Gasteiger partial charge in [0.05, 0.1) is 11.7 Å². The average Bonchev–Trinajstić information content (AvgIpc) is 2.51. The molecule has 2 nitrogen and oxygen atoms in total. The average molecular weight is 269 g/mol. The summed E-state index contributed by atoms with van der Waals surface area (Å²) in [5, 5.41) is 3.62. The molecule has 1 atom stereocenters. The van der Waals surface area contributed by atoms with Crippen molar-refractivity contribution < 1.29 is 4.74 Å². The maximum atomic E-state index is 6.56. The van der Waals surface area contributed by atoms with Gasteiger partial charge < -0.3 is 10.1 Å². The molecule has 0 amide bonds. The fourth-order valence-corrected chi connectivity index (χ4v) is 3.24. The van der Waals surface area contributed by atoms with Gasteiger partial charge >= 0.3 is 0 Å². The van der Waals surface area contributed by atoms with E-state index >= 15 is 0 Å². The molecular weight excluding hydrogens is 234 g/mol. The van der Waals surface area contributed by atoms with Gasteiger partial charge in [0.25, 0.3) is 0 Å². The van der Waals surface area contributed by atoms with Gasteiger partial charge in [-0.25, -0.2) is 0 Å². The van der Waals surface area contributed by atoms with E-state index in [0.717, 1.165) is 12.5 Å². The van der Waals surface area contributed by atoms with Gasteiger partial charge in [-0.1, -0.05) is 53.4 Å². The molecule has 1 saturated carbocycles. The van der Waals surface area contributed by atoms with Gasteiger partial charge in [0.15, 0.2) is 0 Å². The van der Waals surface area contributed by atoms with Crippen molar-refractivity contribution in [2.45, 2.75) is 97.3 Å². The van der Waals surface area contributed by atoms with Crippen molar-refractivity contribution in [3.05, 3.63) is 0 Å². The van der Waals surface area contributed by atoms with Gasteiger partial charge in [0.1, 0.15) is 0 Å². The number of hydrogen-bond acceptors (Lipinski definition) is 2. The summed E-state index contributed by atoms with van der Waals surface area (Å²) < 4.78 is 6.56. The van der Waals surface area contributed by atoms with Crippen molar-refractivity contribution in [2.24, 2.45) is 5.92 Å². The van der Waals surface area contributed by atoms with Crippen molar-refractivity contribution in [1.29, 1.82) is 0 Å². The zero-order valence-electron chi connectivity index (χ0n) is 13.8. The molecule has 0 radical (unpaired) electrons. The van der Waals surface area contributed by atoms with Crippen LogP contribution in [-0.4, -0.2) is 24.3 Å². The molecule has 1 unspecified atom stereocenters. The topological polar surface area (TPSA) is 21.3 Å². The monoisotopic (exact) mass is 269 g/mol. The summed E-state index contributed by atoms with van der Waals surface area (Å²) in [6.45, 7) is 12.3. The van der Waals surface area contributed by atoms with Crippen LogP contribution in [0, 0.1) is 5.92 Å². The summed E-state index contributed by atoms with van der Waals surface area (Å²) in [5.74, 6) is 0.718. The SMILES string of the molecule is CC(C)CC(C)OC1(CNC(C)C)CCCCCC1. The Bertz CT molecular complexity index is 229. The molecule has 2 heteroatoms. The van der Waals surface area contributed by atoms with E-state index < -0.39 is 0 Å². The Labute approximate surface area is 120 Å². The molecule has 114 valence electrons. The smallest absolute Gasteiger partial charge is 0.0810 e. The normalized spacial score (nSPS) is 21.6. The lowest BCUT2D eigenvalue weighted by atomic mass is 9.92. The van der Waals surface area contributed by atoms with Crippen LogP contribution in [0.5, 0.6) is 0 Å². The molecule has 0 bridgehead atoms. The van der Waals surface area contributed by atoms with E-state index in [-0.39, 0.29) is 5.60 Å². The number of hydrogen-bond donors (Lipinski definition) is 1. The quantitative estimate of drug-likeness (QED) is 0.686. The lowest BCUT2D eigenvalue weighted by Gasteiger charge is -2.37. The lowest BCUT2D eigenvalue weighted by Crippen LogP contribution is -2.46. The van der Waals surface area contributed by atoms with E-state index in [1.807, 2.05) is 0 Å². The lowest BCUT2D eigenvalue weighted by molar-refractivity contribution is -0.101. The first-order valence-corrected chi connectivity index (χ1v) is 8.35. The summed E-state index contributed by atoms with van der Waals surface area (Å²) >= 11 is 0. The molecule has 0 spiro atoms. The summed E-state index contributed by atoms with van der Waals surface area (Å²) in [6, 6.07) is 0.545. The van der Waals surface area contributed by atoms with E-state index in [1.54, 1.807) is 0 Å². The summed E-state index contributed by atoms with van der Waals surface area (Å²) in [5.41, 5.74) is 0.0923. The molecule has 1 aliphatic rings. The minimum atomic E-state index is 0.0923. The molecule has 0 aromatic carbocycles. The van der Waals surface area contributed by atoms with E-state index in [0.29, 0.717) is 12.1 Å². The Kier molecular flexibility index (Phi) is 7.38. The first kappa shape index (κ1) is 17.0. The van der Waals surface area contributed by atoms with E-state index in [4.69, 9.17) is 4.74 Å². The number of rotatable bonds is 7. The van der Waals surface area contributed by atoms with E-state index in [1.165, 1.54) is 44.9 Å². The maximum Gasteiger partial charge on any atom is 0.0810 e. The Morgan fingerprint density at radius 2 is 1.53 bits per heavy atom. The number of nitrogens with one attached hydrogen (secondary N) is 1. The van der Waals surface area contributed by atoms with Gasteiger partial charge in [-0.15, -0.1) is 0 Å². The van der Waals surface area contributed by atoms with Gasteiger partial charge in [-0.3, -0.25) is 0 Å². The molecule has 1 fully saturated rings. The van der Waals surface area contributed by atoms with Crippen molar-refractivity contribution in [1.82, 2.24) is 5.32 Å². The largest absolute Gasteiger partial charge is 0.371 e. The Balaban J connectivity index is 2.61. The van der Waals surface area contributed by atoms with Crippen LogP contribution >= 0.6 is 0 Å². The summed E-state index contributed by atoms with van der Waals surface area (Å²) in [6.07, 6.45) is 9.43. The van der Waals surface area contributed by atoms with Crippen molar-refractivity contribution in [3.63, 3.8) is 0 Å². The Morgan fingerprint density at radius 1 is 0.947 bits per heavy atom. The zero-order chi connectivity index (χ0) is 14.3. The molecule has 1 N–H and O–H groups in total. The fourth-order valence-electron chi connectivity index (χ4n) is 3.24. The standard InChI is InChI=1S/C17H35NO/c1-14(2)12-16(5)19-17(13-18-15(3)4)10-8-6-7-9-11-17/h14-16,18H,6-13H2,1-5H3. The Hall–Kier alpha value is -0.0800. The maximum absolute atomic E-state index is 6.56. The molecule has 0 aromatic heterocycles. The molecule has 0 saturated heterocycles. The first-order valence-electron chi connectivity index (χ1n) is 8.35. The van der Waals surface area contributed by atoms with Crippen LogP contribution in [0.4, 0.5) is 0 Å². The molecule has 1 aliphatic carbocycles. The summed E-state index contributed by atoms with van der Waals surface area (Å²) in [7, 11) is 0.